The van der Waals surface area contributed by atoms with Gasteiger partial charge in [-0.1, -0.05) is 19.7 Å². The summed E-state index contributed by atoms with van der Waals surface area (Å²) in [6.45, 7) is 9.55. The van der Waals surface area contributed by atoms with Gasteiger partial charge in [0.2, 0.25) is 0 Å². The van der Waals surface area contributed by atoms with Crippen molar-refractivity contribution >= 4 is 18.1 Å². The molecule has 0 aliphatic rings. The molecule has 0 fully saturated rings. The molecule has 2 N–H and O–H groups in total. The van der Waals surface area contributed by atoms with E-state index in [-0.39, 0.29) is 13.2 Å². The number of carbonyl (C=O) groups excluding carboxylic acids is 1. The molecule has 0 spiro atoms. The largest absolute Gasteiger partial charge is 0.478 e. The Labute approximate surface area is 117 Å². The van der Waals surface area contributed by atoms with Crippen molar-refractivity contribution in [3.05, 3.63) is 50.6 Å². The summed E-state index contributed by atoms with van der Waals surface area (Å²) in [6, 6.07) is 0. The Kier molecular flexibility index (Phi) is 14.1. The third-order valence-corrected chi connectivity index (χ3v) is 1.41. The average Bonchev–Trinajstić information content (AvgIpc) is 2.99. The Morgan fingerprint density at radius 3 is 2.15 bits per heavy atom. The van der Waals surface area contributed by atoms with Crippen LogP contribution in [0.25, 0.3) is 6.20 Å². The molecule has 1 rings (SSSR count). The van der Waals surface area contributed by atoms with Crippen molar-refractivity contribution in [3.63, 3.8) is 0 Å². The van der Waals surface area contributed by atoms with Gasteiger partial charge in [0.25, 0.3) is 0 Å². The molecule has 0 atom stereocenters. The van der Waals surface area contributed by atoms with Gasteiger partial charge in [-0.2, -0.15) is 0 Å². The highest BCUT2D eigenvalue weighted by Gasteiger charge is 1.90. The van der Waals surface area contributed by atoms with Gasteiger partial charge < -0.3 is 19.5 Å². The minimum atomic E-state index is -0.981. The maximum atomic E-state index is 10.1. The molecule has 0 saturated heterocycles. The molecular formula is C13H18N2O5. The van der Waals surface area contributed by atoms with Gasteiger partial charge in [0.05, 0.1) is 12.9 Å². The molecule has 1 heterocycles. The standard InChI is InChI=1S/C5H6N2.C5H8O3.C3H4O2/c1-2-7-4-3-6-5-7;1-2-5(7)8-4-3-6;1-2-3(4)5/h2-5H,1H2;2,6H,1,3-4H2;2H,1H2,(H,4,5). The van der Waals surface area contributed by atoms with Crippen LogP contribution in [-0.2, 0) is 14.3 Å². The third kappa shape index (κ3) is 15.3. The van der Waals surface area contributed by atoms with Crippen molar-refractivity contribution in [1.29, 1.82) is 0 Å². The lowest BCUT2D eigenvalue weighted by atomic mass is 10.6. The van der Waals surface area contributed by atoms with E-state index in [0.29, 0.717) is 0 Å². The molecule has 0 aliphatic heterocycles. The third-order valence-electron chi connectivity index (χ3n) is 1.41. The first-order valence-electron chi connectivity index (χ1n) is 5.37. The zero-order valence-corrected chi connectivity index (χ0v) is 11.0. The molecule has 0 unspecified atom stereocenters. The van der Waals surface area contributed by atoms with Crippen LogP contribution < -0.4 is 0 Å². The predicted octanol–water partition coefficient (Wildman–Crippen LogP) is 0.948. The number of hydrogen-bond donors (Lipinski definition) is 2. The van der Waals surface area contributed by atoms with Crippen molar-refractivity contribution in [1.82, 2.24) is 9.55 Å². The van der Waals surface area contributed by atoms with Crippen molar-refractivity contribution in [2.75, 3.05) is 13.2 Å². The second kappa shape index (κ2) is 14.4. The highest BCUT2D eigenvalue weighted by molar-refractivity contribution is 5.81. The Morgan fingerprint density at radius 1 is 1.30 bits per heavy atom. The molecule has 7 heteroatoms. The fraction of sp³-hybridized carbons (Fsp3) is 0.154. The summed E-state index contributed by atoms with van der Waals surface area (Å²) in [7, 11) is 0. The number of esters is 1. The molecule has 0 bridgehead atoms. The van der Waals surface area contributed by atoms with Crippen molar-refractivity contribution in [3.8, 4) is 0 Å². The van der Waals surface area contributed by atoms with E-state index in [9.17, 15) is 9.59 Å². The Bertz CT molecular complexity index is 412. The molecule has 0 radical (unpaired) electrons. The molecule has 0 amide bonds. The number of aliphatic hydroxyl groups is 1. The molecule has 0 saturated carbocycles. The van der Waals surface area contributed by atoms with Crippen LogP contribution in [0.5, 0.6) is 0 Å². The van der Waals surface area contributed by atoms with E-state index >= 15 is 0 Å². The van der Waals surface area contributed by atoms with E-state index in [1.54, 1.807) is 23.3 Å². The smallest absolute Gasteiger partial charge is 0.330 e. The van der Waals surface area contributed by atoms with Crippen LogP contribution in [0, 0.1) is 0 Å². The summed E-state index contributed by atoms with van der Waals surface area (Å²) >= 11 is 0. The topological polar surface area (TPSA) is 102 Å². The van der Waals surface area contributed by atoms with Crippen molar-refractivity contribution < 1.29 is 24.5 Å². The molecule has 7 nitrogen and oxygen atoms in total. The number of imidazole rings is 1. The highest BCUT2D eigenvalue weighted by atomic mass is 16.5. The van der Waals surface area contributed by atoms with Crippen molar-refractivity contribution in [2.45, 2.75) is 0 Å². The van der Waals surface area contributed by atoms with Crippen LogP contribution in [0.15, 0.2) is 50.6 Å². The summed E-state index contributed by atoms with van der Waals surface area (Å²) < 4.78 is 6.11. The summed E-state index contributed by atoms with van der Waals surface area (Å²) in [6.07, 6.45) is 8.80. The number of ether oxygens (including phenoxy) is 1. The number of hydrogen-bond acceptors (Lipinski definition) is 5. The Morgan fingerprint density at radius 2 is 1.90 bits per heavy atom. The first-order chi connectivity index (χ1) is 9.51. The number of carboxylic acid groups (broad SMARTS) is 1. The SMILES string of the molecule is C=CC(=O)O.C=CC(=O)OCCO.C=Cn1ccnc1. The number of aromatic nitrogens is 2. The van der Waals surface area contributed by atoms with E-state index in [1.807, 2.05) is 6.20 Å². The molecule has 0 aliphatic carbocycles. The van der Waals surface area contributed by atoms with Crippen LogP contribution in [-0.4, -0.2) is 44.9 Å². The van der Waals surface area contributed by atoms with Crippen LogP contribution in [0.1, 0.15) is 0 Å². The summed E-state index contributed by atoms with van der Waals surface area (Å²) in [4.78, 5) is 23.2. The first-order valence-corrected chi connectivity index (χ1v) is 5.37. The quantitative estimate of drug-likeness (QED) is 0.616. The van der Waals surface area contributed by atoms with Crippen LogP contribution >= 0.6 is 0 Å². The summed E-state index contributed by atoms with van der Waals surface area (Å²) in [5.74, 6) is -1.48. The lowest BCUT2D eigenvalue weighted by molar-refractivity contribution is -0.138. The monoisotopic (exact) mass is 282 g/mol. The molecule has 110 valence electrons. The van der Waals surface area contributed by atoms with Gasteiger partial charge in [-0.3, -0.25) is 0 Å². The fourth-order valence-corrected chi connectivity index (χ4v) is 0.583. The first kappa shape index (κ1) is 19.7. The average molecular weight is 282 g/mol. The number of nitrogens with zero attached hydrogens (tertiary/aromatic N) is 2. The Balaban J connectivity index is 0. The van der Waals surface area contributed by atoms with Crippen LogP contribution in [0.4, 0.5) is 0 Å². The molecular weight excluding hydrogens is 264 g/mol. The summed E-state index contributed by atoms with van der Waals surface area (Å²) in [5.41, 5.74) is 0. The number of aliphatic carboxylic acids is 1. The second-order valence-electron chi connectivity index (χ2n) is 2.83. The molecule has 20 heavy (non-hydrogen) atoms. The molecule has 0 aromatic carbocycles. The highest BCUT2D eigenvalue weighted by Crippen LogP contribution is 1.81. The zero-order valence-electron chi connectivity index (χ0n) is 11.0. The van der Waals surface area contributed by atoms with Gasteiger partial charge in [-0.15, -0.1) is 0 Å². The number of carboxylic acids is 1. The molecule has 1 aromatic rings. The normalized spacial score (nSPS) is 7.85. The number of carbonyl (C=O) groups is 2. The Hall–Kier alpha value is -2.67. The lowest BCUT2D eigenvalue weighted by Gasteiger charge is -1.94. The number of aliphatic hydroxyl groups excluding tert-OH is 1. The van der Waals surface area contributed by atoms with Gasteiger partial charge in [-0.25, -0.2) is 14.6 Å². The van der Waals surface area contributed by atoms with Gasteiger partial charge in [0, 0.05) is 30.7 Å². The maximum absolute atomic E-state index is 10.1. The van der Waals surface area contributed by atoms with E-state index < -0.39 is 11.9 Å². The zero-order chi connectivity index (χ0) is 15.8. The van der Waals surface area contributed by atoms with E-state index in [4.69, 9.17) is 10.2 Å². The molecule has 1 aromatic heterocycles. The van der Waals surface area contributed by atoms with E-state index in [2.05, 4.69) is 29.5 Å². The minimum absolute atomic E-state index is 0.0465. The predicted molar refractivity (Wildman–Crippen MR) is 74.7 cm³/mol. The lowest BCUT2D eigenvalue weighted by Crippen LogP contribution is -2.04. The number of rotatable bonds is 5. The van der Waals surface area contributed by atoms with Gasteiger partial charge in [-0.05, 0) is 0 Å². The maximum Gasteiger partial charge on any atom is 0.330 e. The van der Waals surface area contributed by atoms with E-state index in [0.717, 1.165) is 12.2 Å². The van der Waals surface area contributed by atoms with Crippen molar-refractivity contribution in [2.24, 2.45) is 0 Å². The van der Waals surface area contributed by atoms with Crippen LogP contribution in [0.2, 0.25) is 0 Å². The minimum Gasteiger partial charge on any atom is -0.478 e. The van der Waals surface area contributed by atoms with Gasteiger partial charge in [0.15, 0.2) is 0 Å². The van der Waals surface area contributed by atoms with Crippen LogP contribution in [0.3, 0.4) is 0 Å². The summed E-state index contributed by atoms with van der Waals surface area (Å²) in [5, 5.41) is 15.7. The second-order valence-corrected chi connectivity index (χ2v) is 2.83. The fourth-order valence-electron chi connectivity index (χ4n) is 0.583. The van der Waals surface area contributed by atoms with Gasteiger partial charge >= 0.3 is 11.9 Å². The van der Waals surface area contributed by atoms with E-state index in [1.165, 1.54) is 0 Å². The van der Waals surface area contributed by atoms with Gasteiger partial charge in [0.1, 0.15) is 6.61 Å².